The van der Waals surface area contributed by atoms with E-state index in [1.807, 2.05) is 12.1 Å². The van der Waals surface area contributed by atoms with Gasteiger partial charge in [-0.25, -0.2) is 0 Å². The van der Waals surface area contributed by atoms with Gasteiger partial charge in [0.2, 0.25) is 5.91 Å². The lowest BCUT2D eigenvalue weighted by molar-refractivity contribution is -0.127. The number of piperidine rings is 1. The molecular formula is C17H23BrN2O. The fourth-order valence-electron chi connectivity index (χ4n) is 3.70. The molecule has 4 heteroatoms. The summed E-state index contributed by atoms with van der Waals surface area (Å²) in [5.41, 5.74) is 0.857. The molecule has 21 heavy (non-hydrogen) atoms. The molecule has 1 amide bonds. The second kappa shape index (κ2) is 6.49. The second-order valence-electron chi connectivity index (χ2n) is 6.30. The number of rotatable bonds is 3. The first-order valence-corrected chi connectivity index (χ1v) is 8.78. The van der Waals surface area contributed by atoms with Crippen LogP contribution in [0.2, 0.25) is 0 Å². The van der Waals surface area contributed by atoms with E-state index in [9.17, 15) is 4.79 Å². The maximum absolute atomic E-state index is 13.0. The molecule has 0 bridgehead atoms. The molecule has 3 nitrogen and oxygen atoms in total. The zero-order valence-corrected chi connectivity index (χ0v) is 13.9. The summed E-state index contributed by atoms with van der Waals surface area (Å²) in [5.74, 6) is 0.241. The van der Waals surface area contributed by atoms with Crippen molar-refractivity contribution in [3.05, 3.63) is 34.3 Å². The van der Waals surface area contributed by atoms with E-state index in [4.69, 9.17) is 0 Å². The number of nitrogens with one attached hydrogen (secondary N) is 2. The highest BCUT2D eigenvalue weighted by Gasteiger charge is 2.43. The number of hydrogen-bond donors (Lipinski definition) is 2. The summed E-state index contributed by atoms with van der Waals surface area (Å²) in [4.78, 5) is 13.0. The van der Waals surface area contributed by atoms with Crippen molar-refractivity contribution in [2.75, 3.05) is 13.1 Å². The van der Waals surface area contributed by atoms with Gasteiger partial charge in [-0.2, -0.15) is 0 Å². The van der Waals surface area contributed by atoms with Gasteiger partial charge >= 0.3 is 0 Å². The summed E-state index contributed by atoms with van der Waals surface area (Å²) in [7, 11) is 0. The molecule has 0 spiro atoms. The summed E-state index contributed by atoms with van der Waals surface area (Å²) in [6.45, 7) is 2.02. The Morgan fingerprint density at radius 3 is 2.62 bits per heavy atom. The van der Waals surface area contributed by atoms with Crippen LogP contribution in [0.3, 0.4) is 0 Å². The Hall–Kier alpha value is -0.870. The lowest BCUT2D eigenvalue weighted by Gasteiger charge is -2.32. The van der Waals surface area contributed by atoms with Crippen molar-refractivity contribution in [2.24, 2.45) is 0 Å². The van der Waals surface area contributed by atoms with Gasteiger partial charge in [-0.15, -0.1) is 0 Å². The third-order valence-corrected chi connectivity index (χ3v) is 5.44. The highest BCUT2D eigenvalue weighted by molar-refractivity contribution is 9.10. The maximum Gasteiger partial charge on any atom is 0.230 e. The number of carbonyl (C=O) groups excluding carboxylic acids is 1. The highest BCUT2D eigenvalue weighted by atomic mass is 79.9. The summed E-state index contributed by atoms with van der Waals surface area (Å²) >= 11 is 3.54. The van der Waals surface area contributed by atoms with Crippen molar-refractivity contribution >= 4 is 21.8 Å². The zero-order chi connectivity index (χ0) is 14.7. The van der Waals surface area contributed by atoms with E-state index in [0.29, 0.717) is 6.04 Å². The number of hydrogen-bond acceptors (Lipinski definition) is 2. The highest BCUT2D eigenvalue weighted by Crippen LogP contribution is 2.42. The molecule has 0 radical (unpaired) electrons. The Labute approximate surface area is 135 Å². The fraction of sp³-hybridized carbons (Fsp3) is 0.588. The molecule has 1 aliphatic carbocycles. The van der Waals surface area contributed by atoms with Crippen molar-refractivity contribution in [1.82, 2.24) is 10.6 Å². The molecule has 2 fully saturated rings. The lowest BCUT2D eigenvalue weighted by atomic mass is 9.77. The molecule has 1 aromatic carbocycles. The summed E-state index contributed by atoms with van der Waals surface area (Å²) in [6.07, 6.45) is 6.32. The summed E-state index contributed by atoms with van der Waals surface area (Å²) in [6, 6.07) is 8.63. The van der Waals surface area contributed by atoms with Crippen LogP contribution in [0.25, 0.3) is 0 Å². The molecule has 1 aromatic rings. The van der Waals surface area contributed by atoms with Crippen molar-refractivity contribution in [3.8, 4) is 0 Å². The van der Waals surface area contributed by atoms with Gasteiger partial charge in [-0.05, 0) is 56.5 Å². The lowest BCUT2D eigenvalue weighted by Crippen LogP contribution is -2.50. The standard InChI is InChI=1S/C17H23BrN2O/c18-14-5-3-4-13(12-14)17(8-1-2-9-17)16(21)20-15-6-10-19-11-7-15/h3-5,12,15,19H,1-2,6-11H2,(H,20,21). The molecule has 114 valence electrons. The third kappa shape index (κ3) is 3.16. The van der Waals surface area contributed by atoms with Crippen molar-refractivity contribution < 1.29 is 4.79 Å². The molecule has 1 heterocycles. The van der Waals surface area contributed by atoms with Crippen molar-refractivity contribution in [3.63, 3.8) is 0 Å². The van der Waals surface area contributed by atoms with Crippen LogP contribution >= 0.6 is 15.9 Å². The quantitative estimate of drug-likeness (QED) is 0.879. The minimum atomic E-state index is -0.311. The Kier molecular flexibility index (Phi) is 4.65. The molecule has 0 aromatic heterocycles. The first kappa shape index (κ1) is 15.0. The van der Waals surface area contributed by atoms with E-state index in [-0.39, 0.29) is 11.3 Å². The van der Waals surface area contributed by atoms with E-state index in [1.165, 1.54) is 5.56 Å². The minimum absolute atomic E-state index is 0.241. The zero-order valence-electron chi connectivity index (χ0n) is 12.3. The van der Waals surface area contributed by atoms with Crippen LogP contribution in [0.1, 0.15) is 44.1 Å². The van der Waals surface area contributed by atoms with Crippen LogP contribution in [-0.2, 0) is 10.2 Å². The first-order chi connectivity index (χ1) is 10.2. The molecule has 1 saturated heterocycles. The Balaban J connectivity index is 1.81. The van der Waals surface area contributed by atoms with Gasteiger partial charge in [0.1, 0.15) is 0 Å². The van der Waals surface area contributed by atoms with Crippen LogP contribution < -0.4 is 10.6 Å². The van der Waals surface area contributed by atoms with Crippen LogP contribution in [0.4, 0.5) is 0 Å². The van der Waals surface area contributed by atoms with Gasteiger partial charge in [0.15, 0.2) is 0 Å². The predicted octanol–water partition coefficient (Wildman–Crippen LogP) is 3.13. The molecular weight excluding hydrogens is 328 g/mol. The van der Waals surface area contributed by atoms with Crippen LogP contribution in [0.5, 0.6) is 0 Å². The van der Waals surface area contributed by atoms with Crippen molar-refractivity contribution in [2.45, 2.75) is 50.0 Å². The second-order valence-corrected chi connectivity index (χ2v) is 7.21. The first-order valence-electron chi connectivity index (χ1n) is 7.98. The minimum Gasteiger partial charge on any atom is -0.353 e. The molecule has 2 N–H and O–H groups in total. The topological polar surface area (TPSA) is 41.1 Å². The monoisotopic (exact) mass is 350 g/mol. The van der Waals surface area contributed by atoms with E-state index >= 15 is 0 Å². The van der Waals surface area contributed by atoms with Crippen LogP contribution in [0.15, 0.2) is 28.7 Å². The van der Waals surface area contributed by atoms with Gasteiger partial charge in [0.05, 0.1) is 5.41 Å². The summed E-state index contributed by atoms with van der Waals surface area (Å²) < 4.78 is 1.06. The van der Waals surface area contributed by atoms with E-state index in [0.717, 1.165) is 56.1 Å². The Morgan fingerprint density at radius 2 is 1.95 bits per heavy atom. The molecule has 0 unspecified atom stereocenters. The van der Waals surface area contributed by atoms with Gasteiger partial charge in [0, 0.05) is 10.5 Å². The van der Waals surface area contributed by atoms with Gasteiger partial charge in [0.25, 0.3) is 0 Å². The summed E-state index contributed by atoms with van der Waals surface area (Å²) in [5, 5.41) is 6.67. The SMILES string of the molecule is O=C(NC1CCNCC1)C1(c2cccc(Br)c2)CCCC1. The van der Waals surface area contributed by atoms with Gasteiger partial charge in [-0.3, -0.25) is 4.79 Å². The average molecular weight is 351 g/mol. The number of carbonyl (C=O) groups is 1. The smallest absolute Gasteiger partial charge is 0.230 e. The Morgan fingerprint density at radius 1 is 1.24 bits per heavy atom. The number of halogens is 1. The van der Waals surface area contributed by atoms with Crippen LogP contribution in [-0.4, -0.2) is 25.0 Å². The van der Waals surface area contributed by atoms with Gasteiger partial charge in [-0.1, -0.05) is 40.9 Å². The molecule has 0 atom stereocenters. The predicted molar refractivity (Wildman–Crippen MR) is 88.3 cm³/mol. The average Bonchev–Trinajstić information content (AvgIpc) is 2.99. The fourth-order valence-corrected chi connectivity index (χ4v) is 4.10. The molecule has 1 aliphatic heterocycles. The third-order valence-electron chi connectivity index (χ3n) is 4.94. The largest absolute Gasteiger partial charge is 0.353 e. The van der Waals surface area contributed by atoms with E-state index < -0.39 is 0 Å². The maximum atomic E-state index is 13.0. The van der Waals surface area contributed by atoms with Gasteiger partial charge < -0.3 is 10.6 Å². The van der Waals surface area contributed by atoms with Crippen LogP contribution in [0, 0.1) is 0 Å². The molecule has 1 saturated carbocycles. The molecule has 2 aliphatic rings. The normalized spacial score (nSPS) is 22.1. The van der Waals surface area contributed by atoms with Crippen molar-refractivity contribution in [1.29, 1.82) is 0 Å². The molecule has 3 rings (SSSR count). The Bertz CT molecular complexity index is 505. The van der Waals surface area contributed by atoms with E-state index in [1.54, 1.807) is 0 Å². The van der Waals surface area contributed by atoms with E-state index in [2.05, 4.69) is 38.7 Å². The number of benzene rings is 1. The number of amides is 1.